The lowest BCUT2D eigenvalue weighted by atomic mass is 10.1. The van der Waals surface area contributed by atoms with Crippen molar-refractivity contribution in [1.82, 2.24) is 20.1 Å². The van der Waals surface area contributed by atoms with E-state index in [1.54, 1.807) is 6.20 Å². The predicted octanol–water partition coefficient (Wildman–Crippen LogP) is 4.00. The van der Waals surface area contributed by atoms with Gasteiger partial charge in [0.25, 0.3) is 0 Å². The molecule has 2 aromatic heterocycles. The molecule has 0 aliphatic heterocycles. The van der Waals surface area contributed by atoms with Crippen LogP contribution in [-0.2, 0) is 13.0 Å². The van der Waals surface area contributed by atoms with E-state index < -0.39 is 0 Å². The van der Waals surface area contributed by atoms with Gasteiger partial charge in [-0.15, -0.1) is 0 Å². The topological polar surface area (TPSA) is 42.7 Å². The van der Waals surface area contributed by atoms with E-state index in [1.807, 2.05) is 35.1 Å². The third kappa shape index (κ3) is 3.71. The van der Waals surface area contributed by atoms with Gasteiger partial charge in [-0.3, -0.25) is 9.67 Å². The largest absolute Gasteiger partial charge is 0.312 e. The molecule has 0 radical (unpaired) electrons. The highest BCUT2D eigenvalue weighted by Crippen LogP contribution is 2.24. The fourth-order valence-electron chi connectivity index (χ4n) is 2.58. The van der Waals surface area contributed by atoms with Crippen molar-refractivity contribution in [1.29, 1.82) is 0 Å². The van der Waals surface area contributed by atoms with Gasteiger partial charge >= 0.3 is 0 Å². The van der Waals surface area contributed by atoms with Gasteiger partial charge in [0.2, 0.25) is 0 Å². The Kier molecular flexibility index (Phi) is 4.94. The number of nitrogens with one attached hydrogen (secondary N) is 1. The summed E-state index contributed by atoms with van der Waals surface area (Å²) in [5.74, 6) is 0. The van der Waals surface area contributed by atoms with Crippen LogP contribution in [0.5, 0.6) is 0 Å². The van der Waals surface area contributed by atoms with Crippen molar-refractivity contribution >= 4 is 22.5 Å². The Bertz CT molecular complexity index is 795. The summed E-state index contributed by atoms with van der Waals surface area (Å²) in [6.07, 6.45) is 4.76. The summed E-state index contributed by atoms with van der Waals surface area (Å²) < 4.78 is 1.99. The minimum atomic E-state index is 0.406. The number of benzene rings is 1. The summed E-state index contributed by atoms with van der Waals surface area (Å²) >= 11 is 6.23. The van der Waals surface area contributed by atoms with Crippen LogP contribution >= 0.6 is 11.6 Å². The number of nitrogens with zero attached hydrogens (tertiary/aromatic N) is 3. The quantitative estimate of drug-likeness (QED) is 0.695. The van der Waals surface area contributed by atoms with Gasteiger partial charge in [-0.25, -0.2) is 0 Å². The molecule has 0 aliphatic rings. The monoisotopic (exact) mass is 328 g/mol. The van der Waals surface area contributed by atoms with Gasteiger partial charge in [0.05, 0.1) is 11.2 Å². The van der Waals surface area contributed by atoms with Gasteiger partial charge in [-0.05, 0) is 43.7 Å². The molecule has 23 heavy (non-hydrogen) atoms. The Hall–Kier alpha value is -1.91. The SMILES string of the molecule is CC(C)n1ccc(CCNCc2ccc(Cl)c3cccnc23)n1. The van der Waals surface area contributed by atoms with Crippen molar-refractivity contribution in [3.8, 4) is 0 Å². The molecule has 3 rings (SSSR count). The molecule has 1 aromatic carbocycles. The van der Waals surface area contributed by atoms with Crippen molar-refractivity contribution in [2.24, 2.45) is 0 Å². The van der Waals surface area contributed by atoms with Crippen LogP contribution in [-0.4, -0.2) is 21.3 Å². The van der Waals surface area contributed by atoms with Gasteiger partial charge in [-0.2, -0.15) is 5.10 Å². The Morgan fingerprint density at radius 3 is 2.87 bits per heavy atom. The zero-order chi connectivity index (χ0) is 16.2. The molecule has 4 nitrogen and oxygen atoms in total. The van der Waals surface area contributed by atoms with Crippen molar-refractivity contribution < 1.29 is 0 Å². The highest BCUT2D eigenvalue weighted by Gasteiger charge is 2.06. The van der Waals surface area contributed by atoms with E-state index in [-0.39, 0.29) is 0 Å². The summed E-state index contributed by atoms with van der Waals surface area (Å²) in [6, 6.07) is 10.4. The second-order valence-electron chi connectivity index (χ2n) is 5.91. The van der Waals surface area contributed by atoms with Gasteiger partial charge in [0.15, 0.2) is 0 Å². The Balaban J connectivity index is 1.59. The third-order valence-corrected chi connectivity index (χ3v) is 4.20. The summed E-state index contributed by atoms with van der Waals surface area (Å²) in [7, 11) is 0. The smallest absolute Gasteiger partial charge is 0.0761 e. The molecule has 5 heteroatoms. The maximum atomic E-state index is 6.23. The first-order valence-electron chi connectivity index (χ1n) is 7.92. The van der Waals surface area contributed by atoms with Crippen LogP contribution in [0.2, 0.25) is 5.02 Å². The molecule has 0 saturated carbocycles. The van der Waals surface area contributed by atoms with Gasteiger partial charge in [-0.1, -0.05) is 17.7 Å². The lowest BCUT2D eigenvalue weighted by Crippen LogP contribution is -2.17. The molecule has 0 spiro atoms. The molecule has 0 amide bonds. The average Bonchev–Trinajstić information content (AvgIpc) is 3.03. The first-order chi connectivity index (χ1) is 11.1. The minimum absolute atomic E-state index is 0.406. The average molecular weight is 329 g/mol. The van der Waals surface area contributed by atoms with Crippen LogP contribution in [0.15, 0.2) is 42.7 Å². The lowest BCUT2D eigenvalue weighted by Gasteiger charge is -2.08. The van der Waals surface area contributed by atoms with E-state index in [2.05, 4.69) is 35.3 Å². The maximum absolute atomic E-state index is 6.23. The highest BCUT2D eigenvalue weighted by molar-refractivity contribution is 6.35. The number of pyridine rings is 1. The van der Waals surface area contributed by atoms with Gasteiger partial charge < -0.3 is 5.32 Å². The minimum Gasteiger partial charge on any atom is -0.312 e. The number of fused-ring (bicyclic) bond motifs is 1. The number of hydrogen-bond donors (Lipinski definition) is 1. The van der Waals surface area contributed by atoms with E-state index in [0.717, 1.165) is 46.7 Å². The molecule has 0 saturated heterocycles. The third-order valence-electron chi connectivity index (χ3n) is 3.87. The molecule has 1 N–H and O–H groups in total. The van der Waals surface area contributed by atoms with Crippen LogP contribution in [0.3, 0.4) is 0 Å². The predicted molar refractivity (Wildman–Crippen MR) is 94.8 cm³/mol. The summed E-state index contributed by atoms with van der Waals surface area (Å²) in [6.45, 7) is 5.92. The lowest BCUT2D eigenvalue weighted by molar-refractivity contribution is 0.524. The molecule has 3 aromatic rings. The molecular weight excluding hydrogens is 308 g/mol. The number of halogens is 1. The molecule has 0 aliphatic carbocycles. The summed E-state index contributed by atoms with van der Waals surface area (Å²) in [5.41, 5.74) is 3.25. The standard InChI is InChI=1S/C18H21ClN4/c1-13(2)23-11-8-15(22-23)7-10-20-12-14-5-6-17(19)16-4-3-9-21-18(14)16/h3-6,8-9,11,13,20H,7,10,12H2,1-2H3. The van der Waals surface area contributed by atoms with Gasteiger partial charge in [0, 0.05) is 48.4 Å². The second kappa shape index (κ2) is 7.11. The van der Waals surface area contributed by atoms with E-state index in [9.17, 15) is 0 Å². The molecule has 120 valence electrons. The molecule has 0 unspecified atom stereocenters. The van der Waals surface area contributed by atoms with E-state index in [4.69, 9.17) is 11.6 Å². The Morgan fingerprint density at radius 2 is 2.09 bits per heavy atom. The Labute approximate surface area is 141 Å². The van der Waals surface area contributed by atoms with Gasteiger partial charge in [0.1, 0.15) is 0 Å². The molecule has 0 fully saturated rings. The van der Waals surface area contributed by atoms with Crippen LogP contribution < -0.4 is 5.32 Å². The maximum Gasteiger partial charge on any atom is 0.0761 e. The normalized spacial score (nSPS) is 11.5. The molecule has 0 atom stereocenters. The van der Waals surface area contributed by atoms with Crippen molar-refractivity contribution in [2.75, 3.05) is 6.54 Å². The highest BCUT2D eigenvalue weighted by atomic mass is 35.5. The van der Waals surface area contributed by atoms with Crippen molar-refractivity contribution in [2.45, 2.75) is 32.9 Å². The first kappa shape index (κ1) is 16.0. The zero-order valence-electron chi connectivity index (χ0n) is 13.5. The van der Waals surface area contributed by atoms with Crippen molar-refractivity contribution in [3.63, 3.8) is 0 Å². The van der Waals surface area contributed by atoms with Crippen LogP contribution in [0.25, 0.3) is 10.9 Å². The van der Waals surface area contributed by atoms with Crippen LogP contribution in [0.4, 0.5) is 0 Å². The molecular formula is C18H21ClN4. The second-order valence-corrected chi connectivity index (χ2v) is 6.32. The molecule has 2 heterocycles. The summed E-state index contributed by atoms with van der Waals surface area (Å²) in [5, 5.41) is 9.78. The van der Waals surface area contributed by atoms with E-state index in [1.165, 1.54) is 0 Å². The number of hydrogen-bond acceptors (Lipinski definition) is 3. The number of aromatic nitrogens is 3. The fourth-order valence-corrected chi connectivity index (χ4v) is 2.79. The number of rotatable bonds is 6. The van der Waals surface area contributed by atoms with Crippen LogP contribution in [0.1, 0.15) is 31.1 Å². The van der Waals surface area contributed by atoms with E-state index in [0.29, 0.717) is 6.04 Å². The zero-order valence-corrected chi connectivity index (χ0v) is 14.2. The Morgan fingerprint density at radius 1 is 1.22 bits per heavy atom. The first-order valence-corrected chi connectivity index (χ1v) is 8.30. The van der Waals surface area contributed by atoms with Crippen molar-refractivity contribution in [3.05, 3.63) is 59.0 Å². The molecule has 0 bridgehead atoms. The summed E-state index contributed by atoms with van der Waals surface area (Å²) in [4.78, 5) is 4.46. The van der Waals surface area contributed by atoms with E-state index >= 15 is 0 Å². The fraction of sp³-hybridized carbons (Fsp3) is 0.333. The van der Waals surface area contributed by atoms with Crippen LogP contribution in [0, 0.1) is 0 Å².